The first kappa shape index (κ1) is 14.1. The number of amides is 1. The Hall–Kier alpha value is -1.85. The molecule has 0 aromatic heterocycles. The Morgan fingerprint density at radius 3 is 2.71 bits per heavy atom. The van der Waals surface area contributed by atoms with Gasteiger partial charge in [0, 0.05) is 18.9 Å². The highest BCUT2D eigenvalue weighted by molar-refractivity contribution is 5.79. The number of benzene rings is 1. The van der Waals surface area contributed by atoms with E-state index in [1.807, 2.05) is 0 Å². The lowest BCUT2D eigenvalue weighted by Crippen LogP contribution is -2.13. The zero-order valence-electron chi connectivity index (χ0n) is 11.5. The second-order valence-electron chi connectivity index (χ2n) is 5.54. The molecule has 1 aliphatic heterocycles. The van der Waals surface area contributed by atoms with E-state index >= 15 is 0 Å². The number of carbonyl (C=O) groups excluding carboxylic acids is 1. The summed E-state index contributed by atoms with van der Waals surface area (Å²) >= 11 is 0. The van der Waals surface area contributed by atoms with Gasteiger partial charge in [-0.2, -0.15) is 8.78 Å². The summed E-state index contributed by atoms with van der Waals surface area (Å²) in [6.07, 6.45) is 2.65. The number of rotatable bonds is 6. The highest BCUT2D eigenvalue weighted by Crippen LogP contribution is 2.36. The van der Waals surface area contributed by atoms with Crippen molar-refractivity contribution in [2.75, 3.05) is 13.2 Å². The summed E-state index contributed by atoms with van der Waals surface area (Å²) in [5.41, 5.74) is 0.903. The van der Waals surface area contributed by atoms with Crippen LogP contribution >= 0.6 is 0 Å². The summed E-state index contributed by atoms with van der Waals surface area (Å²) in [6, 6.07) is 4.92. The molecule has 1 aromatic carbocycles. The zero-order valence-corrected chi connectivity index (χ0v) is 11.5. The average molecular weight is 297 g/mol. The number of halogens is 2. The largest absolute Gasteiger partial charge is 0.489 e. The van der Waals surface area contributed by atoms with Crippen LogP contribution in [0.4, 0.5) is 8.78 Å². The third-order valence-corrected chi connectivity index (χ3v) is 3.80. The molecule has 1 saturated carbocycles. The van der Waals surface area contributed by atoms with Gasteiger partial charge in [-0.25, -0.2) is 0 Å². The molecule has 1 unspecified atom stereocenters. The molecular formula is C15H17F2NO3. The predicted molar refractivity (Wildman–Crippen MR) is 71.7 cm³/mol. The summed E-state index contributed by atoms with van der Waals surface area (Å²) in [4.78, 5) is 11.3. The minimum Gasteiger partial charge on any atom is -0.489 e. The van der Waals surface area contributed by atoms with Gasteiger partial charge in [0.05, 0.1) is 6.61 Å². The van der Waals surface area contributed by atoms with Crippen molar-refractivity contribution in [3.8, 4) is 11.5 Å². The van der Waals surface area contributed by atoms with Crippen molar-refractivity contribution in [1.82, 2.24) is 5.32 Å². The van der Waals surface area contributed by atoms with Gasteiger partial charge in [-0.3, -0.25) is 4.79 Å². The molecule has 1 saturated heterocycles. The van der Waals surface area contributed by atoms with E-state index in [1.54, 1.807) is 12.1 Å². The van der Waals surface area contributed by atoms with Crippen molar-refractivity contribution >= 4 is 5.91 Å². The highest BCUT2D eigenvalue weighted by atomic mass is 19.3. The molecule has 0 bridgehead atoms. The normalized spacial score (nSPS) is 21.5. The number of alkyl halides is 2. The summed E-state index contributed by atoms with van der Waals surface area (Å²) in [5.74, 6) is 0.961. The molecule has 1 amide bonds. The second kappa shape index (κ2) is 5.87. The fourth-order valence-corrected chi connectivity index (χ4v) is 2.42. The number of nitrogens with one attached hydrogen (secondary N) is 1. The van der Waals surface area contributed by atoms with Gasteiger partial charge in [0.2, 0.25) is 5.91 Å². The van der Waals surface area contributed by atoms with Crippen molar-refractivity contribution in [3.63, 3.8) is 0 Å². The Bertz CT molecular complexity index is 532. The molecule has 21 heavy (non-hydrogen) atoms. The first-order valence-corrected chi connectivity index (χ1v) is 7.10. The Labute approximate surface area is 121 Å². The number of carbonyl (C=O) groups is 1. The van der Waals surface area contributed by atoms with Gasteiger partial charge in [0.25, 0.3) is 0 Å². The molecule has 1 N–H and O–H groups in total. The number of hydrogen-bond donors (Lipinski definition) is 1. The van der Waals surface area contributed by atoms with Crippen LogP contribution in [0.3, 0.4) is 0 Å². The molecule has 2 fully saturated rings. The average Bonchev–Trinajstić information content (AvgIpc) is 3.17. The van der Waals surface area contributed by atoms with Crippen molar-refractivity contribution in [3.05, 3.63) is 23.8 Å². The molecule has 1 heterocycles. The highest BCUT2D eigenvalue weighted by Gasteiger charge is 2.26. The molecular weight excluding hydrogens is 280 g/mol. The minimum atomic E-state index is -2.88. The van der Waals surface area contributed by atoms with Crippen LogP contribution in [0, 0.1) is 5.92 Å². The third kappa shape index (κ3) is 3.62. The summed E-state index contributed by atoms with van der Waals surface area (Å²) in [6.45, 7) is -1.80. The number of hydrogen-bond acceptors (Lipinski definition) is 3. The van der Waals surface area contributed by atoms with Crippen LogP contribution in [0.25, 0.3) is 0 Å². The van der Waals surface area contributed by atoms with Crippen LogP contribution in [0.15, 0.2) is 18.2 Å². The van der Waals surface area contributed by atoms with E-state index < -0.39 is 6.61 Å². The van der Waals surface area contributed by atoms with E-state index in [-0.39, 0.29) is 17.6 Å². The Kier molecular flexibility index (Phi) is 3.94. The minimum absolute atomic E-state index is 0.00774. The molecule has 114 valence electrons. The maximum atomic E-state index is 12.4. The van der Waals surface area contributed by atoms with Gasteiger partial charge in [-0.05, 0) is 36.5 Å². The SMILES string of the molecule is O=C1CC(c2ccc(OC(F)F)c(OCC3CC3)c2)CN1. The first-order chi connectivity index (χ1) is 10.1. The quantitative estimate of drug-likeness (QED) is 0.878. The van der Waals surface area contributed by atoms with Crippen molar-refractivity contribution < 1.29 is 23.0 Å². The van der Waals surface area contributed by atoms with Gasteiger partial charge < -0.3 is 14.8 Å². The predicted octanol–water partition coefficient (Wildman–Crippen LogP) is 2.68. The van der Waals surface area contributed by atoms with Crippen molar-refractivity contribution in [1.29, 1.82) is 0 Å². The van der Waals surface area contributed by atoms with Crippen LogP contribution in [-0.2, 0) is 4.79 Å². The maximum Gasteiger partial charge on any atom is 0.387 e. The van der Waals surface area contributed by atoms with Crippen LogP contribution in [0.1, 0.15) is 30.7 Å². The summed E-state index contributed by atoms with van der Waals surface area (Å²) < 4.78 is 35.0. The van der Waals surface area contributed by atoms with E-state index in [1.165, 1.54) is 6.07 Å². The Balaban J connectivity index is 1.78. The summed E-state index contributed by atoms with van der Waals surface area (Å²) in [5, 5.41) is 2.76. The van der Waals surface area contributed by atoms with Gasteiger partial charge in [-0.1, -0.05) is 6.07 Å². The van der Waals surface area contributed by atoms with E-state index in [4.69, 9.17) is 4.74 Å². The molecule has 0 radical (unpaired) electrons. The summed E-state index contributed by atoms with van der Waals surface area (Å²) in [7, 11) is 0. The van der Waals surface area contributed by atoms with Gasteiger partial charge in [0.15, 0.2) is 11.5 Å². The maximum absolute atomic E-state index is 12.4. The first-order valence-electron chi connectivity index (χ1n) is 7.10. The van der Waals surface area contributed by atoms with Gasteiger partial charge in [0.1, 0.15) is 0 Å². The lowest BCUT2D eigenvalue weighted by molar-refractivity contribution is -0.119. The molecule has 0 spiro atoms. The van der Waals surface area contributed by atoms with Crippen molar-refractivity contribution in [2.24, 2.45) is 5.92 Å². The van der Waals surface area contributed by atoms with Gasteiger partial charge >= 0.3 is 6.61 Å². The fourth-order valence-electron chi connectivity index (χ4n) is 2.42. The molecule has 4 nitrogen and oxygen atoms in total. The standard InChI is InChI=1S/C15H17F2NO3/c16-15(17)21-12-4-3-10(11-6-14(19)18-7-11)5-13(12)20-8-9-1-2-9/h3-5,9,11,15H,1-2,6-8H2,(H,18,19). The Morgan fingerprint density at radius 2 is 2.10 bits per heavy atom. The smallest absolute Gasteiger partial charge is 0.387 e. The van der Waals surface area contributed by atoms with E-state index in [2.05, 4.69) is 10.1 Å². The lowest BCUT2D eigenvalue weighted by Gasteiger charge is -2.15. The second-order valence-corrected chi connectivity index (χ2v) is 5.54. The molecule has 1 aromatic rings. The van der Waals surface area contributed by atoms with Gasteiger partial charge in [-0.15, -0.1) is 0 Å². The van der Waals surface area contributed by atoms with Crippen LogP contribution < -0.4 is 14.8 Å². The van der Waals surface area contributed by atoms with E-state index in [0.717, 1.165) is 18.4 Å². The number of ether oxygens (including phenoxy) is 2. The van der Waals surface area contributed by atoms with Crippen LogP contribution in [-0.4, -0.2) is 25.7 Å². The molecule has 3 rings (SSSR count). The molecule has 2 aliphatic rings. The molecule has 1 aliphatic carbocycles. The zero-order chi connectivity index (χ0) is 14.8. The topological polar surface area (TPSA) is 47.6 Å². The fraction of sp³-hybridized carbons (Fsp3) is 0.533. The third-order valence-electron chi connectivity index (χ3n) is 3.80. The van der Waals surface area contributed by atoms with Crippen LogP contribution in [0.5, 0.6) is 11.5 Å². The molecule has 1 atom stereocenters. The molecule has 6 heteroatoms. The van der Waals surface area contributed by atoms with E-state index in [0.29, 0.717) is 31.2 Å². The Morgan fingerprint density at radius 1 is 1.29 bits per heavy atom. The van der Waals surface area contributed by atoms with E-state index in [9.17, 15) is 13.6 Å². The van der Waals surface area contributed by atoms with Crippen LogP contribution in [0.2, 0.25) is 0 Å². The lowest BCUT2D eigenvalue weighted by atomic mass is 9.98. The van der Waals surface area contributed by atoms with Crippen molar-refractivity contribution in [2.45, 2.75) is 31.8 Å². The monoisotopic (exact) mass is 297 g/mol.